The third-order valence-corrected chi connectivity index (χ3v) is 2.42. The molecule has 1 rings (SSSR count). The Morgan fingerprint density at radius 1 is 1.25 bits per heavy atom. The van der Waals surface area contributed by atoms with Crippen molar-refractivity contribution >= 4 is 11.9 Å². The van der Waals surface area contributed by atoms with E-state index < -0.39 is 24.2 Å². The molecule has 0 saturated carbocycles. The zero-order valence-corrected chi connectivity index (χ0v) is 10.7. The van der Waals surface area contributed by atoms with Gasteiger partial charge in [0.05, 0.1) is 6.61 Å². The summed E-state index contributed by atoms with van der Waals surface area (Å²) in [6.45, 7) is -0.113. The molecule has 0 aliphatic heterocycles. The van der Waals surface area contributed by atoms with Crippen LogP contribution in [0.2, 0.25) is 0 Å². The molecule has 1 aromatic rings. The van der Waals surface area contributed by atoms with Crippen molar-refractivity contribution < 1.29 is 28.2 Å². The fraction of sp³-hybridized carbons (Fsp3) is 0.385. The molecule has 0 atom stereocenters. The van der Waals surface area contributed by atoms with Crippen molar-refractivity contribution in [3.8, 4) is 0 Å². The van der Waals surface area contributed by atoms with Crippen molar-refractivity contribution in [3.63, 3.8) is 0 Å². The van der Waals surface area contributed by atoms with Crippen LogP contribution in [0.3, 0.4) is 0 Å². The van der Waals surface area contributed by atoms with Crippen molar-refractivity contribution in [2.24, 2.45) is 0 Å². The maximum absolute atomic E-state index is 12.9. The lowest BCUT2D eigenvalue weighted by Gasteiger charge is -2.05. The fourth-order valence-electron chi connectivity index (χ4n) is 1.46. The molecule has 2 N–H and O–H groups in total. The number of halogens is 2. The second-order valence-electron chi connectivity index (χ2n) is 4.04. The highest BCUT2D eigenvalue weighted by atomic mass is 19.2. The Bertz CT molecular complexity index is 479. The van der Waals surface area contributed by atoms with Crippen LogP contribution in [-0.4, -0.2) is 36.7 Å². The number of hydrogen-bond donors (Lipinski definition) is 2. The molecule has 0 bridgehead atoms. The molecule has 0 unspecified atom stereocenters. The first-order valence-electron chi connectivity index (χ1n) is 5.99. The maximum Gasteiger partial charge on any atom is 0.329 e. The van der Waals surface area contributed by atoms with E-state index in [1.54, 1.807) is 0 Å². The molecule has 0 spiro atoms. The lowest BCUT2D eigenvalue weighted by molar-refractivity contribution is -0.142. The third kappa shape index (κ3) is 6.24. The van der Waals surface area contributed by atoms with E-state index >= 15 is 0 Å². The number of carboxylic acid groups (broad SMARTS) is 1. The van der Waals surface area contributed by atoms with Crippen molar-refractivity contribution in [1.82, 2.24) is 5.32 Å². The molecule has 5 nitrogen and oxygen atoms in total. The first kappa shape index (κ1) is 16.0. The number of amides is 1. The number of carbonyl (C=O) groups excluding carboxylic acids is 1. The molecule has 0 saturated heterocycles. The molecule has 0 aliphatic rings. The van der Waals surface area contributed by atoms with Gasteiger partial charge in [-0.3, -0.25) is 4.79 Å². The van der Waals surface area contributed by atoms with E-state index in [1.165, 1.54) is 6.07 Å². The van der Waals surface area contributed by atoms with Crippen LogP contribution in [0.5, 0.6) is 0 Å². The minimum absolute atomic E-state index is 0.100. The standard InChI is InChI=1S/C13H15F2NO4/c14-10-3-1-9(7-11(10)15)2-4-12(17)16-5-6-20-8-13(18)19/h1,3,7H,2,4-6,8H2,(H,16,17)(H,18,19). The van der Waals surface area contributed by atoms with Crippen LogP contribution in [0.4, 0.5) is 8.78 Å². The highest BCUT2D eigenvalue weighted by Crippen LogP contribution is 2.10. The van der Waals surface area contributed by atoms with Gasteiger partial charge in [0.2, 0.25) is 5.91 Å². The second-order valence-corrected chi connectivity index (χ2v) is 4.04. The van der Waals surface area contributed by atoms with Crippen molar-refractivity contribution in [3.05, 3.63) is 35.4 Å². The van der Waals surface area contributed by atoms with Gasteiger partial charge < -0.3 is 15.2 Å². The largest absolute Gasteiger partial charge is 0.480 e. The van der Waals surface area contributed by atoms with Gasteiger partial charge in [0.15, 0.2) is 11.6 Å². The molecule has 0 aromatic heterocycles. The molecule has 1 aromatic carbocycles. The molecule has 0 radical (unpaired) electrons. The van der Waals surface area contributed by atoms with Gasteiger partial charge in [-0.15, -0.1) is 0 Å². The number of aryl methyl sites for hydroxylation is 1. The summed E-state index contributed by atoms with van der Waals surface area (Å²) in [4.78, 5) is 21.6. The quantitative estimate of drug-likeness (QED) is 0.702. The van der Waals surface area contributed by atoms with E-state index in [1.807, 2.05) is 0 Å². The van der Waals surface area contributed by atoms with E-state index in [4.69, 9.17) is 9.84 Å². The lowest BCUT2D eigenvalue weighted by Crippen LogP contribution is -2.28. The number of aliphatic carboxylic acids is 1. The van der Waals surface area contributed by atoms with E-state index in [-0.39, 0.29) is 25.5 Å². The number of ether oxygens (including phenoxy) is 1. The van der Waals surface area contributed by atoms with Gasteiger partial charge in [0.25, 0.3) is 0 Å². The summed E-state index contributed by atoms with van der Waals surface area (Å²) >= 11 is 0. The Hall–Kier alpha value is -2.02. The van der Waals surface area contributed by atoms with Gasteiger partial charge in [-0.2, -0.15) is 0 Å². The molecule has 0 heterocycles. The molecule has 110 valence electrons. The zero-order chi connectivity index (χ0) is 15.0. The highest BCUT2D eigenvalue weighted by molar-refractivity contribution is 5.76. The first-order valence-corrected chi connectivity index (χ1v) is 5.99. The lowest BCUT2D eigenvalue weighted by atomic mass is 10.1. The van der Waals surface area contributed by atoms with Crippen LogP contribution in [-0.2, 0) is 20.7 Å². The predicted molar refractivity (Wildman–Crippen MR) is 66.1 cm³/mol. The van der Waals surface area contributed by atoms with Gasteiger partial charge in [-0.1, -0.05) is 6.07 Å². The number of rotatable bonds is 8. The number of hydrogen-bond acceptors (Lipinski definition) is 3. The molecule has 0 aliphatic carbocycles. The molecular formula is C13H15F2NO4. The van der Waals surface area contributed by atoms with E-state index in [0.29, 0.717) is 12.0 Å². The van der Waals surface area contributed by atoms with Crippen LogP contribution in [0.1, 0.15) is 12.0 Å². The average molecular weight is 287 g/mol. The second kappa shape index (κ2) is 8.21. The minimum atomic E-state index is -1.07. The SMILES string of the molecule is O=C(O)COCCNC(=O)CCc1ccc(F)c(F)c1. The Morgan fingerprint density at radius 3 is 2.65 bits per heavy atom. The van der Waals surface area contributed by atoms with E-state index in [2.05, 4.69) is 5.32 Å². The summed E-state index contributed by atoms with van der Waals surface area (Å²) in [5.74, 6) is -3.21. The van der Waals surface area contributed by atoms with Crippen LogP contribution < -0.4 is 5.32 Å². The molecular weight excluding hydrogens is 272 g/mol. The Morgan fingerprint density at radius 2 is 2.00 bits per heavy atom. The fourth-order valence-corrected chi connectivity index (χ4v) is 1.46. The zero-order valence-electron chi connectivity index (χ0n) is 10.7. The van der Waals surface area contributed by atoms with Crippen LogP contribution in [0, 0.1) is 11.6 Å². The topological polar surface area (TPSA) is 75.6 Å². The summed E-state index contributed by atoms with van der Waals surface area (Å²) in [7, 11) is 0. The Labute approximate surface area is 114 Å². The van der Waals surface area contributed by atoms with Gasteiger partial charge in [0, 0.05) is 13.0 Å². The van der Waals surface area contributed by atoms with E-state index in [9.17, 15) is 18.4 Å². The molecule has 1 amide bonds. The summed E-state index contributed by atoms with van der Waals surface area (Å²) < 4.78 is 30.3. The monoisotopic (exact) mass is 287 g/mol. The van der Waals surface area contributed by atoms with Gasteiger partial charge in [0.1, 0.15) is 6.61 Å². The Kier molecular flexibility index (Phi) is 6.58. The highest BCUT2D eigenvalue weighted by Gasteiger charge is 2.05. The van der Waals surface area contributed by atoms with Gasteiger partial charge >= 0.3 is 5.97 Å². The van der Waals surface area contributed by atoms with Crippen molar-refractivity contribution in [2.75, 3.05) is 19.8 Å². The van der Waals surface area contributed by atoms with Crippen LogP contribution in [0.15, 0.2) is 18.2 Å². The van der Waals surface area contributed by atoms with Crippen LogP contribution in [0.25, 0.3) is 0 Å². The molecule has 20 heavy (non-hydrogen) atoms. The van der Waals surface area contributed by atoms with Crippen LogP contribution >= 0.6 is 0 Å². The van der Waals surface area contributed by atoms with Crippen molar-refractivity contribution in [1.29, 1.82) is 0 Å². The number of benzene rings is 1. The first-order chi connectivity index (χ1) is 9.49. The summed E-state index contributed by atoms with van der Waals surface area (Å²) in [5, 5.41) is 10.8. The molecule has 0 fully saturated rings. The normalized spacial score (nSPS) is 10.3. The summed E-state index contributed by atoms with van der Waals surface area (Å²) in [6, 6.07) is 3.49. The minimum Gasteiger partial charge on any atom is -0.480 e. The Balaban J connectivity index is 2.19. The summed E-state index contributed by atoms with van der Waals surface area (Å²) in [5.41, 5.74) is 0.529. The third-order valence-electron chi connectivity index (χ3n) is 2.42. The van der Waals surface area contributed by atoms with E-state index in [0.717, 1.165) is 12.1 Å². The number of carbonyl (C=O) groups is 2. The van der Waals surface area contributed by atoms with Crippen molar-refractivity contribution in [2.45, 2.75) is 12.8 Å². The number of carboxylic acids is 1. The van der Waals surface area contributed by atoms with Gasteiger partial charge in [-0.25, -0.2) is 13.6 Å². The molecule has 7 heteroatoms. The number of nitrogens with one attached hydrogen (secondary N) is 1. The average Bonchev–Trinajstić information content (AvgIpc) is 2.39. The maximum atomic E-state index is 12.9. The predicted octanol–water partition coefficient (Wildman–Crippen LogP) is 1.11. The van der Waals surface area contributed by atoms with Gasteiger partial charge in [-0.05, 0) is 24.1 Å². The summed E-state index contributed by atoms with van der Waals surface area (Å²) in [6.07, 6.45) is 0.420. The smallest absolute Gasteiger partial charge is 0.329 e.